The van der Waals surface area contributed by atoms with Gasteiger partial charge in [0.05, 0.1) is 0 Å². The normalized spacial score (nSPS) is 11.0. The van der Waals surface area contributed by atoms with Gasteiger partial charge in [-0.05, 0) is 0 Å². The van der Waals surface area contributed by atoms with Gasteiger partial charge in [0.1, 0.15) is 0 Å². The van der Waals surface area contributed by atoms with E-state index in [1.807, 2.05) is 27.7 Å². The van der Waals surface area contributed by atoms with Crippen LogP contribution in [-0.4, -0.2) is 0 Å². The lowest BCUT2D eigenvalue weighted by atomic mass is 10.4. The molecule has 1 aliphatic rings. The van der Waals surface area contributed by atoms with Crippen LogP contribution in [0.15, 0.2) is 0 Å². The second kappa shape index (κ2) is 44.0. The Morgan fingerprint density at radius 1 is 0.417 bits per heavy atom. The van der Waals surface area contributed by atoms with Crippen LogP contribution in [0.3, 0.4) is 0 Å². The molecule has 0 bridgehead atoms. The first-order valence-corrected chi connectivity index (χ1v) is 4.50. The molecule has 0 spiro atoms. The highest BCUT2D eigenvalue weighted by Crippen LogP contribution is 2.15. The highest BCUT2D eigenvalue weighted by atomic mass is 14.0. The van der Waals surface area contributed by atoms with E-state index >= 15 is 0 Å². The number of hydrogen-bond donors (Lipinski definition) is 0. The maximum Gasteiger partial charge on any atom is -0.0533 e. The van der Waals surface area contributed by atoms with Gasteiger partial charge >= 0.3 is 0 Å². The third-order valence-electron chi connectivity index (χ3n) is 1.25. The van der Waals surface area contributed by atoms with E-state index in [1.54, 1.807) is 0 Å². The zero-order chi connectivity index (χ0) is 7.54. The summed E-state index contributed by atoms with van der Waals surface area (Å²) in [6.07, 6.45) is 7.50. The molecule has 1 aliphatic carbocycles. The van der Waals surface area contributed by atoms with E-state index in [1.165, 1.54) is 32.1 Å². The van der Waals surface area contributed by atoms with Crippen LogP contribution in [0.25, 0.3) is 0 Å². The van der Waals surface area contributed by atoms with E-state index in [2.05, 4.69) is 0 Å². The lowest BCUT2D eigenvalue weighted by Crippen LogP contribution is -1.47. The third kappa shape index (κ3) is 32.4. The van der Waals surface area contributed by atoms with Gasteiger partial charge in [0, 0.05) is 0 Å². The topological polar surface area (TPSA) is 0 Å². The first-order chi connectivity index (χ1) is 4.50. The largest absolute Gasteiger partial charge is 0.0776 e. The predicted molar refractivity (Wildman–Crippen MR) is 66.0 cm³/mol. The quantitative estimate of drug-likeness (QED) is 0.432. The molecule has 1 saturated carbocycles. The molecule has 0 aliphatic heterocycles. The Labute approximate surface area is 82.8 Å². The van der Waals surface area contributed by atoms with E-state index in [0.717, 1.165) is 0 Å². The molecule has 0 nitrogen and oxygen atoms in total. The lowest BCUT2D eigenvalue weighted by molar-refractivity contribution is 0.886. The zero-order valence-corrected chi connectivity index (χ0v) is 7.54. The van der Waals surface area contributed by atoms with Crippen LogP contribution in [0.2, 0.25) is 0 Å². The standard InChI is InChI=1S/C5H10.2C2H6.3CH4/c1-2-4-5-3-1;2*1-2;;;/h1-5H2;2*1-2H3;3*1H4. The monoisotopic (exact) mass is 178 g/mol. The van der Waals surface area contributed by atoms with E-state index in [-0.39, 0.29) is 22.3 Å². The van der Waals surface area contributed by atoms with Crippen LogP contribution in [0, 0.1) is 0 Å². The summed E-state index contributed by atoms with van der Waals surface area (Å²) in [5, 5.41) is 0. The molecule has 1 fully saturated rings. The molecule has 0 N–H and O–H groups in total. The van der Waals surface area contributed by atoms with Crippen LogP contribution in [0.1, 0.15) is 82.1 Å². The SMILES string of the molecule is C.C.C.C1CCCC1.CC.CC. The summed E-state index contributed by atoms with van der Waals surface area (Å²) in [5.41, 5.74) is 0. The van der Waals surface area contributed by atoms with Gasteiger partial charge in [0.2, 0.25) is 0 Å². The summed E-state index contributed by atoms with van der Waals surface area (Å²) in [5.74, 6) is 0. The maximum atomic E-state index is 2.00. The van der Waals surface area contributed by atoms with Crippen molar-refractivity contribution in [3.63, 3.8) is 0 Å². The van der Waals surface area contributed by atoms with Gasteiger partial charge < -0.3 is 0 Å². The van der Waals surface area contributed by atoms with Gasteiger partial charge in [-0.15, -0.1) is 0 Å². The predicted octanol–water partition coefficient (Wildman–Crippen LogP) is 5.91. The molecule has 0 radical (unpaired) electrons. The van der Waals surface area contributed by atoms with Crippen molar-refractivity contribution < 1.29 is 0 Å². The van der Waals surface area contributed by atoms with Crippen LogP contribution in [0.4, 0.5) is 0 Å². The lowest BCUT2D eigenvalue weighted by Gasteiger charge is -1.67. The maximum absolute atomic E-state index is 2.00. The van der Waals surface area contributed by atoms with Crippen LogP contribution in [0.5, 0.6) is 0 Å². The van der Waals surface area contributed by atoms with Crippen LogP contribution < -0.4 is 0 Å². The van der Waals surface area contributed by atoms with Crippen molar-refractivity contribution >= 4 is 0 Å². The molecule has 0 aromatic heterocycles. The molecule has 82 valence electrons. The van der Waals surface area contributed by atoms with Gasteiger partial charge in [0.15, 0.2) is 0 Å². The minimum Gasteiger partial charge on any atom is -0.0776 e. The van der Waals surface area contributed by atoms with Gasteiger partial charge in [-0.1, -0.05) is 82.1 Å². The minimum atomic E-state index is 0. The van der Waals surface area contributed by atoms with Crippen molar-refractivity contribution in [2.75, 3.05) is 0 Å². The summed E-state index contributed by atoms with van der Waals surface area (Å²) in [6.45, 7) is 8.00. The van der Waals surface area contributed by atoms with Gasteiger partial charge in [-0.25, -0.2) is 0 Å². The van der Waals surface area contributed by atoms with E-state index in [4.69, 9.17) is 0 Å². The Morgan fingerprint density at radius 3 is 0.583 bits per heavy atom. The van der Waals surface area contributed by atoms with Gasteiger partial charge in [-0.2, -0.15) is 0 Å². The van der Waals surface area contributed by atoms with Crippen molar-refractivity contribution in [1.82, 2.24) is 0 Å². The smallest absolute Gasteiger partial charge is 0.0533 e. The van der Waals surface area contributed by atoms with Crippen molar-refractivity contribution in [2.24, 2.45) is 0 Å². The molecular weight excluding hydrogens is 144 g/mol. The van der Waals surface area contributed by atoms with Crippen molar-refractivity contribution in [3.8, 4) is 0 Å². The summed E-state index contributed by atoms with van der Waals surface area (Å²) < 4.78 is 0. The highest BCUT2D eigenvalue weighted by molar-refractivity contribution is 4.51. The van der Waals surface area contributed by atoms with Crippen LogP contribution in [-0.2, 0) is 0 Å². The molecule has 0 amide bonds. The zero-order valence-electron chi connectivity index (χ0n) is 7.54. The number of hydrogen-bond acceptors (Lipinski definition) is 0. The van der Waals surface area contributed by atoms with E-state index in [0.29, 0.717) is 0 Å². The number of rotatable bonds is 0. The third-order valence-corrected chi connectivity index (χ3v) is 1.25. The summed E-state index contributed by atoms with van der Waals surface area (Å²) in [4.78, 5) is 0. The fourth-order valence-electron chi connectivity index (χ4n) is 0.884. The molecule has 12 heavy (non-hydrogen) atoms. The molecule has 1 rings (SSSR count). The summed E-state index contributed by atoms with van der Waals surface area (Å²) in [6, 6.07) is 0. The molecule has 0 heteroatoms. The Kier molecular flexibility index (Phi) is 109. The fourth-order valence-corrected chi connectivity index (χ4v) is 0.884. The highest BCUT2D eigenvalue weighted by Gasteiger charge is 1.95. The van der Waals surface area contributed by atoms with E-state index < -0.39 is 0 Å². The average molecular weight is 178 g/mol. The molecular formula is C12H34. The molecule has 0 heterocycles. The second-order valence-corrected chi connectivity index (χ2v) is 1.77. The van der Waals surface area contributed by atoms with Gasteiger partial charge in [0.25, 0.3) is 0 Å². The second-order valence-electron chi connectivity index (χ2n) is 1.77. The van der Waals surface area contributed by atoms with E-state index in [9.17, 15) is 0 Å². The fraction of sp³-hybridized carbons (Fsp3) is 1.00. The molecule has 0 atom stereocenters. The molecule has 0 aromatic rings. The van der Waals surface area contributed by atoms with Crippen molar-refractivity contribution in [1.29, 1.82) is 0 Å². The molecule has 0 unspecified atom stereocenters. The molecule has 0 saturated heterocycles. The van der Waals surface area contributed by atoms with Crippen LogP contribution >= 0.6 is 0 Å². The summed E-state index contributed by atoms with van der Waals surface area (Å²) >= 11 is 0. The van der Waals surface area contributed by atoms with Crippen molar-refractivity contribution in [3.05, 3.63) is 0 Å². The minimum absolute atomic E-state index is 0. The molecule has 0 aromatic carbocycles. The Bertz CT molecular complexity index is 11.6. The van der Waals surface area contributed by atoms with Crippen molar-refractivity contribution in [2.45, 2.75) is 82.1 Å². The Morgan fingerprint density at radius 2 is 0.500 bits per heavy atom. The Balaban J connectivity index is -0.0000000213. The summed E-state index contributed by atoms with van der Waals surface area (Å²) in [7, 11) is 0. The Hall–Kier alpha value is 0. The first kappa shape index (κ1) is 29.6. The first-order valence-electron chi connectivity index (χ1n) is 4.50. The average Bonchev–Trinajstić information content (AvgIpc) is 2.51. The van der Waals surface area contributed by atoms with Gasteiger partial charge in [-0.3, -0.25) is 0 Å².